The van der Waals surface area contributed by atoms with Crippen molar-refractivity contribution in [3.8, 4) is 5.75 Å². The Hall–Kier alpha value is -2.63. The number of aromatic hydroxyl groups is 1. The highest BCUT2D eigenvalue weighted by Gasteiger charge is 2.59. The van der Waals surface area contributed by atoms with Crippen molar-refractivity contribution in [1.29, 1.82) is 0 Å². The second-order valence-electron chi connectivity index (χ2n) is 6.87. The highest BCUT2D eigenvalue weighted by molar-refractivity contribution is 6.06. The number of fused-ring (bicyclic) bond motifs is 5. The van der Waals surface area contributed by atoms with Crippen LogP contribution in [-0.4, -0.2) is 42.2 Å². The number of benzene rings is 1. The summed E-state index contributed by atoms with van der Waals surface area (Å²) < 4.78 is 0. The Morgan fingerprint density at radius 1 is 1.17 bits per heavy atom. The Morgan fingerprint density at radius 2 is 1.79 bits per heavy atom. The van der Waals surface area contributed by atoms with E-state index >= 15 is 0 Å². The Morgan fingerprint density at radius 3 is 2.33 bits per heavy atom. The molecule has 0 aromatic heterocycles. The predicted molar refractivity (Wildman–Crippen MR) is 89.6 cm³/mol. The molecule has 0 spiro atoms. The van der Waals surface area contributed by atoms with Gasteiger partial charge in [0.25, 0.3) is 11.8 Å². The zero-order valence-corrected chi connectivity index (χ0v) is 13.6. The van der Waals surface area contributed by atoms with Crippen LogP contribution in [-0.2, 0) is 9.59 Å². The van der Waals surface area contributed by atoms with E-state index in [9.17, 15) is 14.7 Å². The van der Waals surface area contributed by atoms with E-state index in [1.165, 1.54) is 6.21 Å². The first kappa shape index (κ1) is 14.9. The van der Waals surface area contributed by atoms with Gasteiger partial charge in [0.2, 0.25) is 0 Å². The first-order chi connectivity index (χ1) is 11.5. The lowest BCUT2D eigenvalue weighted by Crippen LogP contribution is -2.28. The molecule has 4 atom stereocenters. The summed E-state index contributed by atoms with van der Waals surface area (Å²) >= 11 is 0. The predicted octanol–water partition coefficient (Wildman–Crippen LogP) is 1.60. The van der Waals surface area contributed by atoms with Gasteiger partial charge in [0.15, 0.2) is 0 Å². The highest BCUT2D eigenvalue weighted by atomic mass is 16.3. The molecule has 1 saturated carbocycles. The van der Waals surface area contributed by atoms with E-state index in [0.717, 1.165) is 17.1 Å². The molecule has 4 rings (SSSR count). The van der Waals surface area contributed by atoms with E-state index in [1.807, 2.05) is 25.1 Å². The summed E-state index contributed by atoms with van der Waals surface area (Å²) in [5.41, 5.74) is 1.33. The molecule has 1 N–H and O–H groups in total. The maximum Gasteiger partial charge on any atom is 0.254 e. The maximum atomic E-state index is 12.5. The van der Waals surface area contributed by atoms with Gasteiger partial charge < -0.3 is 10.0 Å². The molecule has 2 aliphatic carbocycles. The molecular formula is C18H19N3O3. The first-order valence-electron chi connectivity index (χ1n) is 8.08. The van der Waals surface area contributed by atoms with Gasteiger partial charge in [-0.1, -0.05) is 12.2 Å². The van der Waals surface area contributed by atoms with Gasteiger partial charge in [-0.05, 0) is 30.4 Å². The normalized spacial score (nSPS) is 30.7. The van der Waals surface area contributed by atoms with Crippen molar-refractivity contribution < 1.29 is 14.7 Å². The lowest BCUT2D eigenvalue weighted by molar-refractivity contribution is -0.140. The number of carbonyl (C=O) groups excluding carboxylic acids is 2. The standard InChI is InChI=1S/C18H19N3O3/c1-20(2)13-6-5-12(14(22)8-13)9-19-21-17(23)15-10-3-4-11(7-10)16(15)18(21)24/h3-6,8-11,15-16,22H,7H2,1-2H3. The molecular weight excluding hydrogens is 306 g/mol. The van der Waals surface area contributed by atoms with E-state index in [0.29, 0.717) is 5.56 Å². The van der Waals surface area contributed by atoms with Crippen molar-refractivity contribution in [3.63, 3.8) is 0 Å². The van der Waals surface area contributed by atoms with Crippen LogP contribution in [0.3, 0.4) is 0 Å². The summed E-state index contributed by atoms with van der Waals surface area (Å²) in [6.45, 7) is 0. The quantitative estimate of drug-likeness (QED) is 0.520. The number of hydrogen-bond acceptors (Lipinski definition) is 5. The van der Waals surface area contributed by atoms with Gasteiger partial charge in [-0.3, -0.25) is 9.59 Å². The van der Waals surface area contributed by atoms with Gasteiger partial charge >= 0.3 is 0 Å². The number of hydrazone groups is 1. The summed E-state index contributed by atoms with van der Waals surface area (Å²) in [5, 5.41) is 15.1. The number of nitrogens with zero attached hydrogens (tertiary/aromatic N) is 3. The monoisotopic (exact) mass is 325 g/mol. The number of allylic oxidation sites excluding steroid dienone is 2. The third kappa shape index (κ3) is 2.06. The SMILES string of the molecule is CN(C)c1ccc(C=NN2C(=O)C3C4C=CC(C4)C3C2=O)c(O)c1. The van der Waals surface area contributed by atoms with Crippen LogP contribution < -0.4 is 4.90 Å². The molecule has 1 heterocycles. The van der Waals surface area contributed by atoms with Crippen LogP contribution in [0.5, 0.6) is 5.75 Å². The second-order valence-corrected chi connectivity index (χ2v) is 6.87. The molecule has 6 heteroatoms. The maximum absolute atomic E-state index is 12.5. The van der Waals surface area contributed by atoms with Crippen LogP contribution >= 0.6 is 0 Å². The van der Waals surface area contributed by atoms with Crippen LogP contribution in [0.2, 0.25) is 0 Å². The minimum Gasteiger partial charge on any atom is -0.507 e. The fourth-order valence-corrected chi connectivity index (χ4v) is 4.04. The molecule has 0 radical (unpaired) electrons. The van der Waals surface area contributed by atoms with Gasteiger partial charge in [0.05, 0.1) is 18.1 Å². The Labute approximate surface area is 140 Å². The number of phenols is 1. The van der Waals surface area contributed by atoms with Crippen molar-refractivity contribution in [3.05, 3.63) is 35.9 Å². The minimum absolute atomic E-state index is 0.0611. The van der Waals surface area contributed by atoms with E-state index in [2.05, 4.69) is 17.3 Å². The Bertz CT molecular complexity index is 754. The Kier molecular flexibility index (Phi) is 3.23. The average Bonchev–Trinajstić information content (AvgIpc) is 3.21. The van der Waals surface area contributed by atoms with E-state index in [-0.39, 0.29) is 41.2 Å². The zero-order valence-electron chi connectivity index (χ0n) is 13.6. The average molecular weight is 325 g/mol. The van der Waals surface area contributed by atoms with Gasteiger partial charge in [0.1, 0.15) is 5.75 Å². The van der Waals surface area contributed by atoms with Crippen LogP contribution in [0, 0.1) is 23.7 Å². The summed E-state index contributed by atoms with van der Waals surface area (Å²) in [6.07, 6.45) is 6.38. The largest absolute Gasteiger partial charge is 0.507 e. The second kappa shape index (κ2) is 5.19. The topological polar surface area (TPSA) is 73.2 Å². The highest BCUT2D eigenvalue weighted by Crippen LogP contribution is 2.52. The fourth-order valence-electron chi connectivity index (χ4n) is 4.04. The first-order valence-corrected chi connectivity index (χ1v) is 8.08. The minimum atomic E-state index is -0.255. The number of rotatable bonds is 3. The molecule has 124 valence electrons. The van der Waals surface area contributed by atoms with Crippen LogP contribution in [0.25, 0.3) is 0 Å². The Balaban J connectivity index is 1.57. The fraction of sp³-hybridized carbons (Fsp3) is 0.389. The molecule has 1 saturated heterocycles. The summed E-state index contributed by atoms with van der Waals surface area (Å²) in [5.74, 6) is -0.548. The molecule has 6 nitrogen and oxygen atoms in total. The van der Waals surface area contributed by atoms with Gasteiger partial charge in [-0.25, -0.2) is 0 Å². The van der Waals surface area contributed by atoms with Crippen molar-refractivity contribution in [2.75, 3.05) is 19.0 Å². The van der Waals surface area contributed by atoms with Crippen LogP contribution in [0.15, 0.2) is 35.5 Å². The molecule has 1 aromatic rings. The zero-order chi connectivity index (χ0) is 17.0. The molecule has 24 heavy (non-hydrogen) atoms. The number of amides is 2. The van der Waals surface area contributed by atoms with Gasteiger partial charge in [0, 0.05) is 31.4 Å². The summed E-state index contributed by atoms with van der Waals surface area (Å²) in [7, 11) is 3.76. The lowest BCUT2D eigenvalue weighted by Gasteiger charge is -2.13. The molecule has 4 unspecified atom stereocenters. The third-order valence-electron chi connectivity index (χ3n) is 5.29. The molecule has 2 amide bonds. The molecule has 2 bridgehead atoms. The van der Waals surface area contributed by atoms with Crippen LogP contribution in [0.1, 0.15) is 12.0 Å². The van der Waals surface area contributed by atoms with Crippen molar-refractivity contribution in [1.82, 2.24) is 5.01 Å². The van der Waals surface area contributed by atoms with Gasteiger partial charge in [-0.2, -0.15) is 10.1 Å². The molecule has 3 aliphatic rings. The number of carbonyl (C=O) groups is 2. The smallest absolute Gasteiger partial charge is 0.254 e. The lowest BCUT2D eigenvalue weighted by atomic mass is 9.85. The number of phenolic OH excluding ortho intramolecular Hbond substituents is 1. The molecule has 1 aliphatic heterocycles. The number of imide groups is 1. The molecule has 2 fully saturated rings. The van der Waals surface area contributed by atoms with Crippen molar-refractivity contribution >= 4 is 23.7 Å². The van der Waals surface area contributed by atoms with Crippen molar-refractivity contribution in [2.45, 2.75) is 6.42 Å². The number of hydrogen-bond donors (Lipinski definition) is 1. The number of anilines is 1. The summed E-state index contributed by atoms with van der Waals surface area (Å²) in [6, 6.07) is 5.17. The van der Waals surface area contributed by atoms with Gasteiger partial charge in [-0.15, -0.1) is 0 Å². The summed E-state index contributed by atoms with van der Waals surface area (Å²) in [4.78, 5) is 26.9. The van der Waals surface area contributed by atoms with Crippen molar-refractivity contribution in [2.24, 2.45) is 28.8 Å². The molecule has 1 aromatic carbocycles. The van der Waals surface area contributed by atoms with E-state index in [1.54, 1.807) is 12.1 Å². The van der Waals surface area contributed by atoms with E-state index in [4.69, 9.17) is 0 Å². The van der Waals surface area contributed by atoms with E-state index < -0.39 is 0 Å². The van der Waals surface area contributed by atoms with Crippen LogP contribution in [0.4, 0.5) is 5.69 Å². The third-order valence-corrected chi connectivity index (χ3v) is 5.29.